The van der Waals surface area contributed by atoms with Gasteiger partial charge in [-0.3, -0.25) is 0 Å². The highest BCUT2D eigenvalue weighted by Gasteiger charge is 2.35. The van der Waals surface area contributed by atoms with Gasteiger partial charge >= 0.3 is 0 Å². The van der Waals surface area contributed by atoms with Crippen LogP contribution in [0.5, 0.6) is 5.75 Å². The first kappa shape index (κ1) is 16.7. The van der Waals surface area contributed by atoms with E-state index < -0.39 is 10.2 Å². The molecular formula is C16H24N2O4S. The van der Waals surface area contributed by atoms with E-state index >= 15 is 0 Å². The fourth-order valence-electron chi connectivity index (χ4n) is 3.13. The molecule has 0 bridgehead atoms. The molecule has 0 saturated carbocycles. The van der Waals surface area contributed by atoms with Crippen molar-refractivity contribution in [3.63, 3.8) is 0 Å². The van der Waals surface area contributed by atoms with Crippen LogP contribution in [-0.2, 0) is 21.4 Å². The lowest BCUT2D eigenvalue weighted by molar-refractivity contribution is -0.00204. The second-order valence-corrected chi connectivity index (χ2v) is 7.95. The van der Waals surface area contributed by atoms with E-state index in [4.69, 9.17) is 9.47 Å². The maximum atomic E-state index is 12.6. The third-order valence-corrected chi connectivity index (χ3v) is 6.44. The van der Waals surface area contributed by atoms with Crippen LogP contribution in [0, 0.1) is 0 Å². The molecule has 128 valence electrons. The summed E-state index contributed by atoms with van der Waals surface area (Å²) in [4.78, 5) is 0. The van der Waals surface area contributed by atoms with Crippen molar-refractivity contribution in [2.75, 3.05) is 39.9 Å². The lowest BCUT2D eigenvalue weighted by Gasteiger charge is -2.34. The summed E-state index contributed by atoms with van der Waals surface area (Å²) in [6, 6.07) is 7.82. The summed E-state index contributed by atoms with van der Waals surface area (Å²) in [5.74, 6) is 0.816. The average Bonchev–Trinajstić information content (AvgIpc) is 3.11. The van der Waals surface area contributed by atoms with E-state index in [1.807, 2.05) is 24.3 Å². The maximum absolute atomic E-state index is 12.6. The minimum Gasteiger partial charge on any atom is -0.497 e. The molecule has 23 heavy (non-hydrogen) atoms. The summed E-state index contributed by atoms with van der Waals surface area (Å²) >= 11 is 0. The molecule has 0 aliphatic carbocycles. The topological polar surface area (TPSA) is 59.1 Å². The Hall–Kier alpha value is -1.15. The first-order valence-corrected chi connectivity index (χ1v) is 9.49. The van der Waals surface area contributed by atoms with Gasteiger partial charge in [-0.05, 0) is 37.0 Å². The van der Waals surface area contributed by atoms with Gasteiger partial charge in [-0.2, -0.15) is 17.0 Å². The van der Waals surface area contributed by atoms with E-state index in [2.05, 4.69) is 0 Å². The molecule has 2 saturated heterocycles. The molecule has 2 heterocycles. The molecule has 7 heteroatoms. The monoisotopic (exact) mass is 340 g/mol. The van der Waals surface area contributed by atoms with E-state index in [0.717, 1.165) is 24.2 Å². The summed E-state index contributed by atoms with van der Waals surface area (Å²) in [6.45, 7) is 2.60. The zero-order chi connectivity index (χ0) is 16.3. The van der Waals surface area contributed by atoms with Gasteiger partial charge in [0.2, 0.25) is 0 Å². The molecule has 0 spiro atoms. The van der Waals surface area contributed by atoms with Crippen LogP contribution >= 0.6 is 0 Å². The molecule has 2 aliphatic rings. The molecule has 1 unspecified atom stereocenters. The van der Waals surface area contributed by atoms with Crippen molar-refractivity contribution < 1.29 is 17.9 Å². The number of hydrogen-bond acceptors (Lipinski definition) is 4. The third kappa shape index (κ3) is 3.85. The van der Waals surface area contributed by atoms with Crippen molar-refractivity contribution in [1.82, 2.24) is 8.61 Å². The summed E-state index contributed by atoms with van der Waals surface area (Å²) in [5.41, 5.74) is 1.12. The quantitative estimate of drug-likeness (QED) is 0.810. The van der Waals surface area contributed by atoms with E-state index in [1.54, 1.807) is 15.7 Å². The first-order chi connectivity index (χ1) is 11.1. The fourth-order valence-corrected chi connectivity index (χ4v) is 4.84. The summed E-state index contributed by atoms with van der Waals surface area (Å²) in [5, 5.41) is 0. The molecule has 6 nitrogen and oxygen atoms in total. The Bertz CT molecular complexity index is 611. The Morgan fingerprint density at radius 1 is 1.13 bits per heavy atom. The number of morpholine rings is 1. The Kier molecular flexibility index (Phi) is 5.21. The molecule has 0 N–H and O–H groups in total. The number of ether oxygens (including phenoxy) is 2. The zero-order valence-corrected chi connectivity index (χ0v) is 14.3. The van der Waals surface area contributed by atoms with Crippen molar-refractivity contribution in [1.29, 1.82) is 0 Å². The Morgan fingerprint density at radius 3 is 2.48 bits per heavy atom. The minimum absolute atomic E-state index is 0.102. The summed E-state index contributed by atoms with van der Waals surface area (Å²) in [6.07, 6.45) is 2.52. The van der Waals surface area contributed by atoms with Crippen LogP contribution in [0.4, 0.5) is 0 Å². The minimum atomic E-state index is -3.33. The molecule has 1 aromatic rings. The third-order valence-electron chi connectivity index (χ3n) is 4.44. The predicted molar refractivity (Wildman–Crippen MR) is 87.7 cm³/mol. The highest BCUT2D eigenvalue weighted by molar-refractivity contribution is 7.86. The van der Waals surface area contributed by atoms with Crippen LogP contribution in [0.1, 0.15) is 18.4 Å². The van der Waals surface area contributed by atoms with Crippen LogP contribution in [0.3, 0.4) is 0 Å². The average molecular weight is 340 g/mol. The van der Waals surface area contributed by atoms with Crippen LogP contribution in [-0.4, -0.2) is 63.0 Å². The second kappa shape index (κ2) is 7.17. The second-order valence-electron chi connectivity index (χ2n) is 6.02. The SMILES string of the molecule is COc1ccc(CC2CN(S(=O)(=O)N3CCCC3)CCO2)cc1. The van der Waals surface area contributed by atoms with Crippen molar-refractivity contribution in [2.45, 2.75) is 25.4 Å². The largest absolute Gasteiger partial charge is 0.497 e. The molecule has 2 fully saturated rings. The smallest absolute Gasteiger partial charge is 0.282 e. The van der Waals surface area contributed by atoms with E-state index in [1.165, 1.54) is 0 Å². The Balaban J connectivity index is 1.63. The Morgan fingerprint density at radius 2 is 1.83 bits per heavy atom. The van der Waals surface area contributed by atoms with Crippen molar-refractivity contribution in [2.24, 2.45) is 0 Å². The van der Waals surface area contributed by atoms with E-state index in [-0.39, 0.29) is 6.10 Å². The maximum Gasteiger partial charge on any atom is 0.282 e. The fraction of sp³-hybridized carbons (Fsp3) is 0.625. The van der Waals surface area contributed by atoms with Gasteiger partial charge < -0.3 is 9.47 Å². The summed E-state index contributed by atoms with van der Waals surface area (Å²) < 4.78 is 39.4. The van der Waals surface area contributed by atoms with Crippen LogP contribution in [0.2, 0.25) is 0 Å². The molecule has 2 aliphatic heterocycles. The van der Waals surface area contributed by atoms with Crippen molar-refractivity contribution >= 4 is 10.2 Å². The van der Waals surface area contributed by atoms with Gasteiger partial charge in [0.15, 0.2) is 0 Å². The molecule has 0 aromatic heterocycles. The molecule has 3 rings (SSSR count). The standard InChI is InChI=1S/C16H24N2O4S/c1-21-15-6-4-14(5-7-15)12-16-13-18(10-11-22-16)23(19,20)17-8-2-3-9-17/h4-7,16H,2-3,8-13H2,1H3. The van der Waals surface area contributed by atoms with Gasteiger partial charge in [0.25, 0.3) is 10.2 Å². The lowest BCUT2D eigenvalue weighted by Crippen LogP contribution is -2.51. The number of nitrogens with zero attached hydrogens (tertiary/aromatic N) is 2. The van der Waals surface area contributed by atoms with Gasteiger partial charge in [0, 0.05) is 26.2 Å². The van der Waals surface area contributed by atoms with Gasteiger partial charge in [-0.15, -0.1) is 0 Å². The first-order valence-electron chi connectivity index (χ1n) is 8.09. The number of rotatable bonds is 5. The molecular weight excluding hydrogens is 316 g/mol. The summed E-state index contributed by atoms with van der Waals surface area (Å²) in [7, 11) is -1.69. The van der Waals surface area contributed by atoms with Gasteiger partial charge in [-0.1, -0.05) is 12.1 Å². The van der Waals surface area contributed by atoms with Crippen LogP contribution < -0.4 is 4.74 Å². The van der Waals surface area contributed by atoms with Crippen molar-refractivity contribution in [3.05, 3.63) is 29.8 Å². The molecule has 0 amide bonds. The number of hydrogen-bond donors (Lipinski definition) is 0. The number of benzene rings is 1. The lowest BCUT2D eigenvalue weighted by atomic mass is 10.1. The highest BCUT2D eigenvalue weighted by Crippen LogP contribution is 2.21. The highest BCUT2D eigenvalue weighted by atomic mass is 32.2. The predicted octanol–water partition coefficient (Wildman–Crippen LogP) is 1.28. The van der Waals surface area contributed by atoms with Gasteiger partial charge in [0.05, 0.1) is 19.8 Å². The molecule has 1 atom stereocenters. The normalized spacial score (nSPS) is 24.0. The van der Waals surface area contributed by atoms with E-state index in [9.17, 15) is 8.42 Å². The van der Waals surface area contributed by atoms with Crippen molar-refractivity contribution in [3.8, 4) is 5.75 Å². The molecule has 1 aromatic carbocycles. The van der Waals surface area contributed by atoms with Crippen LogP contribution in [0.15, 0.2) is 24.3 Å². The van der Waals surface area contributed by atoms with Gasteiger partial charge in [-0.25, -0.2) is 0 Å². The Labute approximate surface area is 138 Å². The van der Waals surface area contributed by atoms with E-state index in [0.29, 0.717) is 39.2 Å². The molecule has 0 radical (unpaired) electrons. The zero-order valence-electron chi connectivity index (χ0n) is 13.5. The number of methoxy groups -OCH3 is 1. The van der Waals surface area contributed by atoms with Crippen LogP contribution in [0.25, 0.3) is 0 Å². The van der Waals surface area contributed by atoms with Gasteiger partial charge in [0.1, 0.15) is 5.75 Å².